The van der Waals surface area contributed by atoms with Gasteiger partial charge in [-0.15, -0.1) is 0 Å². The molecular formula is C15H17N3O2. The van der Waals surface area contributed by atoms with Gasteiger partial charge >= 0.3 is 0 Å². The SMILES string of the molecule is COc1ccc(-c2nc(N)c3c(n2)CCC3)c(OC)c1. The van der Waals surface area contributed by atoms with E-state index in [-0.39, 0.29) is 0 Å². The Morgan fingerprint density at radius 1 is 1.10 bits per heavy atom. The van der Waals surface area contributed by atoms with Gasteiger partial charge in [0.1, 0.15) is 17.3 Å². The first-order valence-electron chi connectivity index (χ1n) is 6.60. The molecule has 0 bridgehead atoms. The lowest BCUT2D eigenvalue weighted by Gasteiger charge is -2.11. The van der Waals surface area contributed by atoms with Gasteiger partial charge in [-0.25, -0.2) is 9.97 Å². The molecule has 104 valence electrons. The van der Waals surface area contributed by atoms with Crippen LogP contribution in [0.25, 0.3) is 11.4 Å². The zero-order valence-electron chi connectivity index (χ0n) is 11.6. The molecule has 1 aromatic heterocycles. The average molecular weight is 271 g/mol. The zero-order valence-corrected chi connectivity index (χ0v) is 11.6. The molecule has 1 aliphatic rings. The van der Waals surface area contributed by atoms with E-state index >= 15 is 0 Å². The molecule has 5 heteroatoms. The van der Waals surface area contributed by atoms with Crippen molar-refractivity contribution < 1.29 is 9.47 Å². The summed E-state index contributed by atoms with van der Waals surface area (Å²) in [7, 11) is 3.24. The molecule has 0 fully saturated rings. The van der Waals surface area contributed by atoms with Crippen LogP contribution in [0.1, 0.15) is 17.7 Å². The standard InChI is InChI=1S/C15H17N3O2/c1-19-9-6-7-11(13(8-9)20-2)15-17-12-5-3-4-10(12)14(16)18-15/h6-8H,3-5H2,1-2H3,(H2,16,17,18). The number of methoxy groups -OCH3 is 2. The predicted octanol–water partition coefficient (Wildman–Crippen LogP) is 2.23. The molecule has 0 saturated heterocycles. The molecule has 1 heterocycles. The van der Waals surface area contributed by atoms with Gasteiger partial charge in [0.2, 0.25) is 0 Å². The van der Waals surface area contributed by atoms with Crippen LogP contribution >= 0.6 is 0 Å². The maximum Gasteiger partial charge on any atom is 0.165 e. The fraction of sp³-hybridized carbons (Fsp3) is 0.333. The van der Waals surface area contributed by atoms with Gasteiger partial charge in [0.05, 0.1) is 19.8 Å². The fourth-order valence-electron chi connectivity index (χ4n) is 2.57. The van der Waals surface area contributed by atoms with Crippen molar-refractivity contribution >= 4 is 5.82 Å². The Kier molecular flexibility index (Phi) is 3.18. The number of aryl methyl sites for hydroxylation is 1. The van der Waals surface area contributed by atoms with Crippen LogP contribution in [0.2, 0.25) is 0 Å². The summed E-state index contributed by atoms with van der Waals surface area (Å²) < 4.78 is 10.6. The number of hydrogen-bond acceptors (Lipinski definition) is 5. The van der Waals surface area contributed by atoms with E-state index in [1.807, 2.05) is 18.2 Å². The minimum absolute atomic E-state index is 0.584. The molecule has 0 unspecified atom stereocenters. The molecule has 0 saturated carbocycles. The number of anilines is 1. The van der Waals surface area contributed by atoms with Gasteiger partial charge in [0, 0.05) is 17.3 Å². The molecule has 1 aliphatic carbocycles. The summed E-state index contributed by atoms with van der Waals surface area (Å²) in [6.07, 6.45) is 3.03. The van der Waals surface area contributed by atoms with Crippen LogP contribution in [0.3, 0.4) is 0 Å². The maximum absolute atomic E-state index is 6.04. The summed E-state index contributed by atoms with van der Waals surface area (Å²) in [5, 5.41) is 0. The zero-order chi connectivity index (χ0) is 14.1. The summed E-state index contributed by atoms with van der Waals surface area (Å²) >= 11 is 0. The smallest absolute Gasteiger partial charge is 0.165 e. The third-order valence-electron chi connectivity index (χ3n) is 3.61. The first-order valence-corrected chi connectivity index (χ1v) is 6.60. The molecule has 0 atom stereocenters. The summed E-state index contributed by atoms with van der Waals surface area (Å²) in [6, 6.07) is 5.58. The number of nitrogens with zero attached hydrogens (tertiary/aromatic N) is 2. The van der Waals surface area contributed by atoms with Crippen molar-refractivity contribution in [2.24, 2.45) is 0 Å². The lowest BCUT2D eigenvalue weighted by molar-refractivity contribution is 0.395. The summed E-state index contributed by atoms with van der Waals surface area (Å²) in [4.78, 5) is 9.06. The van der Waals surface area contributed by atoms with Crippen LogP contribution < -0.4 is 15.2 Å². The molecule has 20 heavy (non-hydrogen) atoms. The second kappa shape index (κ2) is 5.00. The molecule has 3 rings (SSSR count). The highest BCUT2D eigenvalue weighted by atomic mass is 16.5. The highest BCUT2D eigenvalue weighted by Gasteiger charge is 2.19. The largest absolute Gasteiger partial charge is 0.497 e. The van der Waals surface area contributed by atoms with Gasteiger partial charge in [-0.1, -0.05) is 0 Å². The Bertz CT molecular complexity index is 656. The molecule has 0 radical (unpaired) electrons. The molecule has 5 nitrogen and oxygen atoms in total. The van der Waals surface area contributed by atoms with Crippen molar-refractivity contribution in [2.75, 3.05) is 20.0 Å². The normalized spacial score (nSPS) is 13.1. The van der Waals surface area contributed by atoms with Crippen molar-refractivity contribution in [2.45, 2.75) is 19.3 Å². The number of nitrogen functional groups attached to an aromatic ring is 1. The van der Waals surface area contributed by atoms with Gasteiger partial charge in [0.25, 0.3) is 0 Å². The number of nitrogens with two attached hydrogens (primary N) is 1. The molecule has 0 aliphatic heterocycles. The van der Waals surface area contributed by atoms with Gasteiger partial charge in [-0.2, -0.15) is 0 Å². The number of fused-ring (bicyclic) bond motifs is 1. The first-order chi connectivity index (χ1) is 9.72. The highest BCUT2D eigenvalue weighted by Crippen LogP contribution is 2.34. The molecule has 2 aromatic rings. The van der Waals surface area contributed by atoms with Crippen LogP contribution in [0, 0.1) is 0 Å². The van der Waals surface area contributed by atoms with Crippen LogP contribution in [0.15, 0.2) is 18.2 Å². The van der Waals surface area contributed by atoms with Crippen molar-refractivity contribution in [3.05, 3.63) is 29.5 Å². The lowest BCUT2D eigenvalue weighted by Crippen LogP contribution is -2.03. The second-order valence-electron chi connectivity index (χ2n) is 4.78. The molecule has 0 amide bonds. The second-order valence-corrected chi connectivity index (χ2v) is 4.78. The van der Waals surface area contributed by atoms with Gasteiger partial charge in [0.15, 0.2) is 5.82 Å². The Morgan fingerprint density at radius 2 is 1.95 bits per heavy atom. The van der Waals surface area contributed by atoms with E-state index in [0.717, 1.165) is 41.8 Å². The third-order valence-corrected chi connectivity index (χ3v) is 3.61. The number of aromatic nitrogens is 2. The van der Waals surface area contributed by atoms with Gasteiger partial charge in [-0.05, 0) is 31.4 Å². The lowest BCUT2D eigenvalue weighted by atomic mass is 10.1. The fourth-order valence-corrected chi connectivity index (χ4v) is 2.57. The van der Waals surface area contributed by atoms with Crippen molar-refractivity contribution in [1.82, 2.24) is 9.97 Å². The molecule has 2 N–H and O–H groups in total. The van der Waals surface area contributed by atoms with Crippen LogP contribution in [-0.2, 0) is 12.8 Å². The Balaban J connectivity index is 2.11. The van der Waals surface area contributed by atoms with E-state index in [2.05, 4.69) is 9.97 Å². The van der Waals surface area contributed by atoms with Gasteiger partial charge < -0.3 is 15.2 Å². The van der Waals surface area contributed by atoms with Crippen molar-refractivity contribution in [1.29, 1.82) is 0 Å². The van der Waals surface area contributed by atoms with E-state index in [9.17, 15) is 0 Å². The topological polar surface area (TPSA) is 70.3 Å². The summed E-state index contributed by atoms with van der Waals surface area (Å²) in [5.41, 5.74) is 9.03. The number of ether oxygens (including phenoxy) is 2. The van der Waals surface area contributed by atoms with Crippen LogP contribution in [0.5, 0.6) is 11.5 Å². The highest BCUT2D eigenvalue weighted by molar-refractivity contribution is 5.67. The Hall–Kier alpha value is -2.30. The van der Waals surface area contributed by atoms with E-state index in [4.69, 9.17) is 15.2 Å². The average Bonchev–Trinajstić information content (AvgIpc) is 2.95. The first kappa shape index (κ1) is 12.7. The minimum Gasteiger partial charge on any atom is -0.497 e. The molecule has 0 spiro atoms. The Morgan fingerprint density at radius 3 is 2.70 bits per heavy atom. The monoisotopic (exact) mass is 271 g/mol. The minimum atomic E-state index is 0.584. The number of hydrogen-bond donors (Lipinski definition) is 1. The van der Waals surface area contributed by atoms with E-state index < -0.39 is 0 Å². The molecule has 1 aromatic carbocycles. The predicted molar refractivity (Wildman–Crippen MR) is 77.0 cm³/mol. The quantitative estimate of drug-likeness (QED) is 0.927. The van der Waals surface area contributed by atoms with Crippen LogP contribution in [0.4, 0.5) is 5.82 Å². The Labute approximate surface area is 117 Å². The van der Waals surface area contributed by atoms with Crippen LogP contribution in [-0.4, -0.2) is 24.2 Å². The number of rotatable bonds is 3. The van der Waals surface area contributed by atoms with Crippen molar-refractivity contribution in [3.63, 3.8) is 0 Å². The van der Waals surface area contributed by atoms with E-state index in [1.54, 1.807) is 14.2 Å². The summed E-state index contributed by atoms with van der Waals surface area (Å²) in [6.45, 7) is 0. The summed E-state index contributed by atoms with van der Waals surface area (Å²) in [5.74, 6) is 2.62. The maximum atomic E-state index is 6.04. The number of benzene rings is 1. The van der Waals surface area contributed by atoms with Gasteiger partial charge in [-0.3, -0.25) is 0 Å². The van der Waals surface area contributed by atoms with E-state index in [1.165, 1.54) is 0 Å². The van der Waals surface area contributed by atoms with Crippen molar-refractivity contribution in [3.8, 4) is 22.9 Å². The third kappa shape index (κ3) is 2.05. The molecular weight excluding hydrogens is 254 g/mol. The van der Waals surface area contributed by atoms with E-state index in [0.29, 0.717) is 17.4 Å².